The average molecular weight is 161 g/mol. The van der Waals surface area contributed by atoms with E-state index in [1.807, 2.05) is 6.08 Å². The molecular formula is C8H13ClO. The summed E-state index contributed by atoms with van der Waals surface area (Å²) in [6.07, 6.45) is 4.60. The Morgan fingerprint density at radius 1 is 1.50 bits per heavy atom. The van der Waals surface area contributed by atoms with Crippen LogP contribution in [0.2, 0.25) is 0 Å². The van der Waals surface area contributed by atoms with Crippen LogP contribution >= 0.6 is 11.6 Å². The van der Waals surface area contributed by atoms with Crippen LogP contribution in [0.3, 0.4) is 0 Å². The minimum atomic E-state index is 0.361. The molecule has 1 aliphatic rings. The van der Waals surface area contributed by atoms with Gasteiger partial charge in [0.15, 0.2) is 0 Å². The first-order valence-corrected chi connectivity index (χ1v) is 3.74. The Morgan fingerprint density at radius 2 is 2.10 bits per heavy atom. The zero-order valence-electron chi connectivity index (χ0n) is 6.05. The Labute approximate surface area is 67.3 Å². The number of hydrogen-bond acceptors (Lipinski definition) is 1. The molecule has 58 valence electrons. The van der Waals surface area contributed by atoms with Gasteiger partial charge >= 0.3 is 0 Å². The van der Waals surface area contributed by atoms with Crippen molar-refractivity contribution in [2.45, 2.75) is 18.9 Å². The molecule has 2 heteroatoms. The first-order valence-electron chi connectivity index (χ1n) is 3.30. The zero-order chi connectivity index (χ0) is 7.82. The summed E-state index contributed by atoms with van der Waals surface area (Å²) in [4.78, 5) is 0. The maximum atomic E-state index is 5.18. The fraction of sp³-hybridized carbons (Fsp3) is 0.500. The summed E-state index contributed by atoms with van der Waals surface area (Å²) in [5, 5.41) is 0. The predicted octanol–water partition coefficient (Wildman–Crippen LogP) is 2.72. The van der Waals surface area contributed by atoms with Gasteiger partial charge in [0, 0.05) is 6.61 Å². The highest BCUT2D eigenvalue weighted by Crippen LogP contribution is 2.11. The summed E-state index contributed by atoms with van der Waals surface area (Å²) in [6, 6.07) is 0. The maximum absolute atomic E-state index is 5.18. The second kappa shape index (κ2) is 6.84. The highest BCUT2D eigenvalue weighted by Gasteiger charge is 2.09. The topological polar surface area (TPSA) is 9.23 Å². The van der Waals surface area contributed by atoms with Crippen molar-refractivity contribution in [1.82, 2.24) is 0 Å². The van der Waals surface area contributed by atoms with E-state index in [4.69, 9.17) is 16.3 Å². The molecule has 0 spiro atoms. The van der Waals surface area contributed by atoms with Gasteiger partial charge in [0.05, 0.1) is 6.10 Å². The van der Waals surface area contributed by atoms with Crippen LogP contribution in [0, 0.1) is 0 Å². The van der Waals surface area contributed by atoms with E-state index in [-0.39, 0.29) is 0 Å². The minimum Gasteiger partial charge on any atom is -0.374 e. The van der Waals surface area contributed by atoms with E-state index in [2.05, 4.69) is 13.2 Å². The number of ether oxygens (including phenoxy) is 1. The summed E-state index contributed by atoms with van der Waals surface area (Å²) in [5.74, 6) is 0. The van der Waals surface area contributed by atoms with Crippen molar-refractivity contribution in [2.75, 3.05) is 6.61 Å². The second-order valence-corrected chi connectivity index (χ2v) is 2.25. The smallest absolute Gasteiger partial charge is 0.0754 e. The molecule has 10 heavy (non-hydrogen) atoms. The van der Waals surface area contributed by atoms with Crippen molar-refractivity contribution in [3.05, 3.63) is 24.8 Å². The van der Waals surface area contributed by atoms with Gasteiger partial charge < -0.3 is 4.74 Å². The lowest BCUT2D eigenvalue weighted by atomic mass is 10.2. The third-order valence-electron chi connectivity index (χ3n) is 1.23. The molecule has 1 heterocycles. The van der Waals surface area contributed by atoms with Crippen molar-refractivity contribution < 1.29 is 4.74 Å². The summed E-state index contributed by atoms with van der Waals surface area (Å²) >= 11 is 4.76. The van der Waals surface area contributed by atoms with Crippen LogP contribution in [-0.2, 0) is 4.74 Å². The van der Waals surface area contributed by atoms with Gasteiger partial charge in [-0.3, -0.25) is 0 Å². The molecule has 0 N–H and O–H groups in total. The molecule has 0 bridgehead atoms. The standard InChI is InChI=1S/C6H10O.C2H3Cl/c1-2-6-4-3-5-7-6;1-2-3/h2,6H,1,3-5H2;2H,1H2. The van der Waals surface area contributed by atoms with Crippen molar-refractivity contribution in [2.24, 2.45) is 0 Å². The molecule has 1 atom stereocenters. The molecule has 0 radical (unpaired) electrons. The molecule has 0 aromatic rings. The molecular weight excluding hydrogens is 148 g/mol. The van der Waals surface area contributed by atoms with Gasteiger partial charge in [0.2, 0.25) is 0 Å². The lowest BCUT2D eigenvalue weighted by Gasteiger charge is -1.97. The van der Waals surface area contributed by atoms with Gasteiger partial charge in [-0.05, 0) is 18.4 Å². The Kier molecular flexibility index (Phi) is 6.66. The Hall–Kier alpha value is -0.270. The summed E-state index contributed by atoms with van der Waals surface area (Å²) in [6.45, 7) is 7.67. The van der Waals surface area contributed by atoms with E-state index in [0.717, 1.165) is 6.61 Å². The lowest BCUT2D eigenvalue weighted by Crippen LogP contribution is -1.96. The van der Waals surface area contributed by atoms with E-state index in [1.54, 1.807) is 0 Å². The molecule has 1 unspecified atom stereocenters. The van der Waals surface area contributed by atoms with Gasteiger partial charge in [-0.15, -0.1) is 6.58 Å². The molecule has 1 saturated heterocycles. The second-order valence-electron chi connectivity index (χ2n) is 1.94. The molecule has 0 saturated carbocycles. The molecule has 0 aromatic heterocycles. The molecule has 1 aliphatic heterocycles. The van der Waals surface area contributed by atoms with Crippen LogP contribution in [-0.4, -0.2) is 12.7 Å². The van der Waals surface area contributed by atoms with Crippen molar-refractivity contribution in [1.29, 1.82) is 0 Å². The fourth-order valence-electron chi connectivity index (χ4n) is 0.788. The summed E-state index contributed by atoms with van der Waals surface area (Å²) in [5.41, 5.74) is 1.22. The SMILES string of the molecule is C=CC1CCCO1.C=CCl. The monoisotopic (exact) mass is 160 g/mol. The van der Waals surface area contributed by atoms with Crippen LogP contribution in [0.1, 0.15) is 12.8 Å². The van der Waals surface area contributed by atoms with Crippen molar-refractivity contribution >= 4 is 11.6 Å². The van der Waals surface area contributed by atoms with Crippen LogP contribution < -0.4 is 0 Å². The Balaban J connectivity index is 0.000000236. The first-order chi connectivity index (χ1) is 4.85. The third-order valence-corrected chi connectivity index (χ3v) is 1.23. The van der Waals surface area contributed by atoms with Crippen LogP contribution in [0.5, 0.6) is 0 Å². The van der Waals surface area contributed by atoms with E-state index < -0.39 is 0 Å². The predicted molar refractivity (Wildman–Crippen MR) is 45.2 cm³/mol. The van der Waals surface area contributed by atoms with E-state index in [9.17, 15) is 0 Å². The molecule has 0 aliphatic carbocycles. The van der Waals surface area contributed by atoms with Gasteiger partial charge in [0.1, 0.15) is 0 Å². The quantitative estimate of drug-likeness (QED) is 0.536. The Morgan fingerprint density at radius 3 is 2.30 bits per heavy atom. The van der Waals surface area contributed by atoms with Crippen molar-refractivity contribution in [3.63, 3.8) is 0 Å². The first kappa shape index (κ1) is 9.73. The van der Waals surface area contributed by atoms with Gasteiger partial charge in [-0.25, -0.2) is 0 Å². The molecule has 1 nitrogen and oxygen atoms in total. The maximum Gasteiger partial charge on any atom is 0.0754 e. The molecule has 1 rings (SSSR count). The van der Waals surface area contributed by atoms with Crippen LogP contribution in [0.4, 0.5) is 0 Å². The number of halogens is 1. The highest BCUT2D eigenvalue weighted by molar-refractivity contribution is 6.25. The molecule has 0 aromatic carbocycles. The lowest BCUT2D eigenvalue weighted by molar-refractivity contribution is 0.146. The average Bonchev–Trinajstić information content (AvgIpc) is 2.39. The van der Waals surface area contributed by atoms with Crippen LogP contribution in [0.25, 0.3) is 0 Å². The number of rotatable bonds is 1. The van der Waals surface area contributed by atoms with E-state index in [0.29, 0.717) is 6.10 Å². The van der Waals surface area contributed by atoms with Crippen molar-refractivity contribution in [3.8, 4) is 0 Å². The van der Waals surface area contributed by atoms with Gasteiger partial charge in [-0.2, -0.15) is 0 Å². The number of hydrogen-bond donors (Lipinski definition) is 0. The molecule has 1 fully saturated rings. The third kappa shape index (κ3) is 4.59. The highest BCUT2D eigenvalue weighted by atomic mass is 35.5. The normalized spacial score (nSPS) is 22.7. The largest absolute Gasteiger partial charge is 0.374 e. The summed E-state index contributed by atoms with van der Waals surface area (Å²) in [7, 11) is 0. The van der Waals surface area contributed by atoms with Gasteiger partial charge in [0.25, 0.3) is 0 Å². The Bertz CT molecular complexity index is 95.4. The minimum absolute atomic E-state index is 0.361. The fourth-order valence-corrected chi connectivity index (χ4v) is 0.788. The van der Waals surface area contributed by atoms with Gasteiger partial charge in [-0.1, -0.05) is 24.3 Å². The van der Waals surface area contributed by atoms with E-state index >= 15 is 0 Å². The summed E-state index contributed by atoms with van der Waals surface area (Å²) < 4.78 is 5.18. The van der Waals surface area contributed by atoms with Crippen LogP contribution in [0.15, 0.2) is 24.8 Å². The molecule has 0 amide bonds. The zero-order valence-corrected chi connectivity index (χ0v) is 6.81. The van der Waals surface area contributed by atoms with E-state index in [1.165, 1.54) is 18.4 Å².